The van der Waals surface area contributed by atoms with Crippen molar-refractivity contribution in [2.75, 3.05) is 25.1 Å². The fourth-order valence-electron chi connectivity index (χ4n) is 4.64. The number of carbonyl (C=O) groups is 1. The molecule has 0 aliphatic carbocycles. The molecule has 1 saturated heterocycles. The molecule has 1 amide bonds. The van der Waals surface area contributed by atoms with E-state index >= 15 is 0 Å². The Balaban J connectivity index is 1.52. The number of H-pyrrole nitrogens is 1. The third-order valence-corrected chi connectivity index (χ3v) is 7.39. The molecule has 0 unspecified atom stereocenters. The summed E-state index contributed by atoms with van der Waals surface area (Å²) in [4.78, 5) is 24.6. The summed E-state index contributed by atoms with van der Waals surface area (Å²) in [6.07, 6.45) is 3.85. The smallest absolute Gasteiger partial charge is 0.264 e. The van der Waals surface area contributed by atoms with Gasteiger partial charge in [0.25, 0.3) is 5.91 Å². The molecular formula is C27H31N5O2S. The zero-order valence-corrected chi connectivity index (χ0v) is 21.3. The van der Waals surface area contributed by atoms with Gasteiger partial charge in [0.2, 0.25) is 0 Å². The number of benzene rings is 1. The molecule has 5 rings (SSSR count). The van der Waals surface area contributed by atoms with Gasteiger partial charge in [0.1, 0.15) is 5.82 Å². The van der Waals surface area contributed by atoms with E-state index in [1.165, 1.54) is 5.56 Å². The summed E-state index contributed by atoms with van der Waals surface area (Å²) in [6, 6.07) is 14.4. The van der Waals surface area contributed by atoms with Gasteiger partial charge in [-0.2, -0.15) is 5.10 Å². The van der Waals surface area contributed by atoms with E-state index in [0.717, 1.165) is 57.2 Å². The quantitative estimate of drug-likeness (QED) is 0.373. The van der Waals surface area contributed by atoms with Crippen molar-refractivity contribution in [2.45, 2.75) is 45.9 Å². The summed E-state index contributed by atoms with van der Waals surface area (Å²) in [5.74, 6) is 0.911. The summed E-state index contributed by atoms with van der Waals surface area (Å²) in [5, 5.41) is 8.19. The first-order valence-corrected chi connectivity index (χ1v) is 12.8. The van der Waals surface area contributed by atoms with Gasteiger partial charge in [-0.05, 0) is 63.1 Å². The summed E-state index contributed by atoms with van der Waals surface area (Å²) >= 11 is 1.54. The zero-order valence-electron chi connectivity index (χ0n) is 20.5. The van der Waals surface area contributed by atoms with Crippen LogP contribution in [0.2, 0.25) is 0 Å². The van der Waals surface area contributed by atoms with Gasteiger partial charge in [0.15, 0.2) is 0 Å². The standard InChI is InChI=1S/C27H31N5O2S/c1-18-6-8-24-20(13-18)14-21(26(29-24)31(3)16-22-10-11-28-30-22)15-32(17-23-5-4-12-34-23)27(33)25-9-7-19(2)35-25/h6-11,13-14,23H,4-5,12,15-17H2,1-3H3,(H,28,30)/t23-/m1/s1. The molecule has 4 heterocycles. The van der Waals surface area contributed by atoms with Gasteiger partial charge in [-0.25, -0.2) is 4.98 Å². The van der Waals surface area contributed by atoms with Gasteiger partial charge < -0.3 is 14.5 Å². The van der Waals surface area contributed by atoms with Crippen LogP contribution in [-0.2, 0) is 17.8 Å². The third kappa shape index (κ3) is 5.39. The summed E-state index contributed by atoms with van der Waals surface area (Å²) < 4.78 is 5.92. The van der Waals surface area contributed by atoms with E-state index in [4.69, 9.17) is 9.72 Å². The highest BCUT2D eigenvalue weighted by atomic mass is 32.1. The number of pyridine rings is 1. The molecular weight excluding hydrogens is 458 g/mol. The predicted molar refractivity (Wildman–Crippen MR) is 140 cm³/mol. The number of amides is 1. The van der Waals surface area contributed by atoms with Crippen molar-refractivity contribution in [1.29, 1.82) is 0 Å². The van der Waals surface area contributed by atoms with Gasteiger partial charge in [0, 0.05) is 48.8 Å². The Bertz CT molecular complexity index is 1310. The van der Waals surface area contributed by atoms with Gasteiger partial charge in [-0.1, -0.05) is 11.6 Å². The molecule has 4 aromatic rings. The fraction of sp³-hybridized carbons (Fsp3) is 0.370. The predicted octanol–water partition coefficient (Wildman–Crippen LogP) is 5.09. The maximum absolute atomic E-state index is 13.6. The van der Waals surface area contributed by atoms with Crippen molar-refractivity contribution >= 4 is 34.0 Å². The molecule has 0 bridgehead atoms. The molecule has 8 heteroatoms. The minimum Gasteiger partial charge on any atom is -0.376 e. The van der Waals surface area contributed by atoms with E-state index in [1.807, 2.05) is 37.1 Å². The first-order valence-electron chi connectivity index (χ1n) is 12.0. The third-order valence-electron chi connectivity index (χ3n) is 6.40. The number of thiophene rings is 1. The van der Waals surface area contributed by atoms with Gasteiger partial charge in [-0.15, -0.1) is 11.3 Å². The van der Waals surface area contributed by atoms with E-state index in [-0.39, 0.29) is 12.0 Å². The van der Waals surface area contributed by atoms with Gasteiger partial charge in [-0.3, -0.25) is 9.89 Å². The molecule has 1 N–H and O–H groups in total. The number of nitrogens with zero attached hydrogens (tertiary/aromatic N) is 4. The van der Waals surface area contributed by atoms with Crippen LogP contribution in [0.25, 0.3) is 10.9 Å². The number of aryl methyl sites for hydroxylation is 2. The van der Waals surface area contributed by atoms with Crippen molar-refractivity contribution in [3.05, 3.63) is 75.2 Å². The molecule has 1 aliphatic rings. The van der Waals surface area contributed by atoms with Crippen molar-refractivity contribution < 1.29 is 9.53 Å². The van der Waals surface area contributed by atoms with E-state index in [0.29, 0.717) is 19.6 Å². The molecule has 0 spiro atoms. The van der Waals surface area contributed by atoms with Crippen molar-refractivity contribution in [1.82, 2.24) is 20.1 Å². The number of hydrogen-bond acceptors (Lipinski definition) is 6. The van der Waals surface area contributed by atoms with Gasteiger partial charge in [0.05, 0.1) is 28.7 Å². The SMILES string of the molecule is Cc1ccc2nc(N(C)Cc3ccn[nH]3)c(CN(C[C@H]3CCCO3)C(=O)c3ccc(C)s3)cc2c1. The minimum atomic E-state index is 0.0464. The van der Waals surface area contributed by atoms with Crippen LogP contribution < -0.4 is 4.90 Å². The molecule has 182 valence electrons. The Morgan fingerprint density at radius 1 is 1.17 bits per heavy atom. The van der Waals surface area contributed by atoms with Crippen molar-refractivity contribution in [3.63, 3.8) is 0 Å². The number of aromatic amines is 1. The summed E-state index contributed by atoms with van der Waals surface area (Å²) in [5.41, 5.74) is 4.15. The average molecular weight is 490 g/mol. The largest absolute Gasteiger partial charge is 0.376 e. The molecule has 3 aromatic heterocycles. The monoisotopic (exact) mass is 489 g/mol. The zero-order chi connectivity index (χ0) is 24.4. The number of aromatic nitrogens is 3. The number of ether oxygens (including phenoxy) is 1. The van der Waals surface area contributed by atoms with Crippen LogP contribution in [0.15, 0.2) is 48.7 Å². The Morgan fingerprint density at radius 2 is 2.06 bits per heavy atom. The van der Waals surface area contributed by atoms with Crippen LogP contribution in [0.5, 0.6) is 0 Å². The molecule has 7 nitrogen and oxygen atoms in total. The first-order chi connectivity index (χ1) is 17.0. The van der Waals surface area contributed by atoms with E-state index in [9.17, 15) is 4.79 Å². The van der Waals surface area contributed by atoms with Crippen LogP contribution in [0.4, 0.5) is 5.82 Å². The highest BCUT2D eigenvalue weighted by molar-refractivity contribution is 7.13. The molecule has 1 atom stereocenters. The second-order valence-corrected chi connectivity index (χ2v) is 10.6. The Kier molecular flexibility index (Phi) is 6.83. The topological polar surface area (TPSA) is 74.3 Å². The Morgan fingerprint density at radius 3 is 2.77 bits per heavy atom. The van der Waals surface area contributed by atoms with Crippen molar-refractivity contribution in [3.8, 4) is 0 Å². The fourth-order valence-corrected chi connectivity index (χ4v) is 5.48. The number of fused-ring (bicyclic) bond motifs is 1. The van der Waals surface area contributed by atoms with E-state index < -0.39 is 0 Å². The van der Waals surface area contributed by atoms with Crippen LogP contribution >= 0.6 is 11.3 Å². The second-order valence-electron chi connectivity index (χ2n) is 9.34. The van der Waals surface area contributed by atoms with Gasteiger partial charge >= 0.3 is 0 Å². The minimum absolute atomic E-state index is 0.0464. The molecule has 1 aliphatic heterocycles. The number of carbonyl (C=O) groups excluding carboxylic acids is 1. The second kappa shape index (κ2) is 10.2. The molecule has 1 fully saturated rings. The summed E-state index contributed by atoms with van der Waals surface area (Å²) in [7, 11) is 2.03. The maximum atomic E-state index is 13.6. The van der Waals surface area contributed by atoms with Crippen LogP contribution in [0, 0.1) is 13.8 Å². The first kappa shape index (κ1) is 23.5. The number of anilines is 1. The highest BCUT2D eigenvalue weighted by Crippen LogP contribution is 2.28. The average Bonchev–Trinajstić information content (AvgIpc) is 3.61. The lowest BCUT2D eigenvalue weighted by Crippen LogP contribution is -2.37. The molecule has 1 aromatic carbocycles. The number of nitrogens with one attached hydrogen (secondary N) is 1. The van der Waals surface area contributed by atoms with Crippen LogP contribution in [0.1, 0.15) is 44.2 Å². The lowest BCUT2D eigenvalue weighted by molar-refractivity contribution is 0.0511. The maximum Gasteiger partial charge on any atom is 0.264 e. The van der Waals surface area contributed by atoms with E-state index in [1.54, 1.807) is 17.5 Å². The van der Waals surface area contributed by atoms with E-state index in [2.05, 4.69) is 46.3 Å². The number of rotatable bonds is 8. The molecule has 0 radical (unpaired) electrons. The summed E-state index contributed by atoms with van der Waals surface area (Å²) in [6.45, 7) is 6.56. The molecule has 35 heavy (non-hydrogen) atoms. The Hall–Kier alpha value is -3.23. The highest BCUT2D eigenvalue weighted by Gasteiger charge is 2.26. The van der Waals surface area contributed by atoms with Crippen LogP contribution in [-0.4, -0.2) is 52.3 Å². The van der Waals surface area contributed by atoms with Crippen LogP contribution in [0.3, 0.4) is 0 Å². The normalized spacial score (nSPS) is 15.6. The lowest BCUT2D eigenvalue weighted by Gasteiger charge is -2.28. The Labute approximate surface area is 209 Å². The molecule has 0 saturated carbocycles. The number of hydrogen-bond donors (Lipinski definition) is 1. The van der Waals surface area contributed by atoms with Crippen molar-refractivity contribution in [2.24, 2.45) is 0 Å². The lowest BCUT2D eigenvalue weighted by atomic mass is 10.1.